The van der Waals surface area contributed by atoms with Crippen molar-refractivity contribution in [3.05, 3.63) is 167 Å². The molecule has 49 heavy (non-hydrogen) atoms. The van der Waals surface area contributed by atoms with Crippen LogP contribution >= 0.6 is 0 Å². The van der Waals surface area contributed by atoms with Crippen molar-refractivity contribution < 1.29 is 24.2 Å². The molecule has 3 aromatic carbocycles. The zero-order valence-electron chi connectivity index (χ0n) is 31.5. The van der Waals surface area contributed by atoms with Gasteiger partial charge in [0.1, 0.15) is 0 Å². The Balaban J connectivity index is 0.000000217. The maximum Gasteiger partial charge on any atom is -0.171 e. The van der Waals surface area contributed by atoms with Gasteiger partial charge in [0.2, 0.25) is 0 Å². The van der Waals surface area contributed by atoms with Gasteiger partial charge in [0, 0.05) is 0 Å². The minimum atomic E-state index is 0.164. The molecule has 0 aromatic heterocycles. The van der Waals surface area contributed by atoms with E-state index in [9.17, 15) is 0 Å². The average Bonchev–Trinajstić information content (AvgIpc) is 3.83. The largest absolute Gasteiger partial charge is 0.184 e. The van der Waals surface area contributed by atoms with Crippen molar-refractivity contribution in [3.8, 4) is 0 Å². The molecule has 0 N–H and O–H groups in total. The summed E-state index contributed by atoms with van der Waals surface area (Å²) in [6.45, 7) is 22.4. The SMILES string of the molecule is C[C-]1C2=C3Cc4ccccc4C3=C3C=CCCC3C2(C)C(C)(C)C(C)(C)C1(C)C.Cc1cc[c-]cc1.[C-]1=CC=CC1.[CH2]=[Zr].[c-]1ccccc1. The fourth-order valence-corrected chi connectivity index (χ4v) is 8.72. The topological polar surface area (TPSA) is 0 Å². The van der Waals surface area contributed by atoms with Crippen molar-refractivity contribution in [2.24, 2.45) is 27.6 Å². The van der Waals surface area contributed by atoms with Crippen molar-refractivity contribution in [1.29, 1.82) is 0 Å². The maximum atomic E-state index is 3.34. The summed E-state index contributed by atoms with van der Waals surface area (Å²) < 4.78 is 3.34. The Morgan fingerprint density at radius 1 is 0.796 bits per heavy atom. The van der Waals surface area contributed by atoms with Gasteiger partial charge < -0.3 is 0 Å². The zero-order chi connectivity index (χ0) is 35.9. The normalized spacial score (nSPS) is 23.8. The Hall–Kier alpha value is -3.02. The van der Waals surface area contributed by atoms with Crippen molar-refractivity contribution in [3.63, 3.8) is 0 Å². The predicted octanol–water partition coefficient (Wildman–Crippen LogP) is 12.5. The van der Waals surface area contributed by atoms with Crippen LogP contribution in [0.3, 0.4) is 0 Å². The van der Waals surface area contributed by atoms with Crippen molar-refractivity contribution >= 4 is 9.78 Å². The van der Waals surface area contributed by atoms with Gasteiger partial charge in [0.15, 0.2) is 0 Å². The first kappa shape index (κ1) is 38.8. The van der Waals surface area contributed by atoms with Crippen LogP contribution in [-0.2, 0) is 30.7 Å². The van der Waals surface area contributed by atoms with Crippen LogP contribution in [0.2, 0.25) is 0 Å². The fraction of sp³-hybridized carbons (Fsp3) is 0.375. The van der Waals surface area contributed by atoms with Crippen LogP contribution < -0.4 is 0 Å². The molecule has 1 saturated carbocycles. The molecule has 0 heterocycles. The van der Waals surface area contributed by atoms with Crippen LogP contribution in [0.15, 0.2) is 126 Å². The van der Waals surface area contributed by atoms with Gasteiger partial charge in [-0.15, -0.1) is 13.3 Å². The molecule has 0 nitrogen and oxygen atoms in total. The molecule has 0 amide bonds. The molecule has 0 radical (unpaired) electrons. The van der Waals surface area contributed by atoms with Gasteiger partial charge in [-0.25, -0.2) is 18.1 Å². The molecular formula is C48H56Zr-4. The van der Waals surface area contributed by atoms with Crippen LogP contribution in [0.4, 0.5) is 0 Å². The van der Waals surface area contributed by atoms with Gasteiger partial charge in [-0.1, -0.05) is 120 Å². The molecule has 2 unspecified atom stereocenters. The molecule has 0 bridgehead atoms. The van der Waals surface area contributed by atoms with E-state index in [1.54, 1.807) is 28.2 Å². The average molecular weight is 724 g/mol. The molecule has 256 valence electrons. The number of aryl methyl sites for hydroxylation is 1. The van der Waals surface area contributed by atoms with Crippen molar-refractivity contribution in [2.75, 3.05) is 0 Å². The monoisotopic (exact) mass is 722 g/mol. The van der Waals surface area contributed by atoms with E-state index >= 15 is 0 Å². The maximum absolute atomic E-state index is 3.34. The summed E-state index contributed by atoms with van der Waals surface area (Å²) >= 11 is 1.30. The second kappa shape index (κ2) is 16.3. The minimum Gasteiger partial charge on any atom is -0.184 e. The van der Waals surface area contributed by atoms with Gasteiger partial charge >= 0.3 is 28.4 Å². The van der Waals surface area contributed by atoms with E-state index < -0.39 is 0 Å². The van der Waals surface area contributed by atoms with Gasteiger partial charge in [-0.2, -0.15) is 89.5 Å². The summed E-state index contributed by atoms with van der Waals surface area (Å²) in [5.74, 6) is 2.24. The first-order chi connectivity index (χ1) is 23.4. The van der Waals surface area contributed by atoms with E-state index in [4.69, 9.17) is 0 Å². The molecular weight excluding hydrogens is 668 g/mol. The van der Waals surface area contributed by atoms with Crippen LogP contribution in [0.1, 0.15) is 91.3 Å². The van der Waals surface area contributed by atoms with Crippen LogP contribution in [0.25, 0.3) is 5.57 Å². The molecule has 1 fully saturated rings. The van der Waals surface area contributed by atoms with Crippen molar-refractivity contribution in [2.45, 2.75) is 88.0 Å². The number of rotatable bonds is 0. The van der Waals surface area contributed by atoms with Gasteiger partial charge in [0.25, 0.3) is 0 Å². The smallest absolute Gasteiger partial charge is 0.171 e. The Bertz CT molecular complexity index is 1660. The second-order valence-electron chi connectivity index (χ2n) is 15.4. The molecule has 2 atom stereocenters. The third-order valence-corrected chi connectivity index (χ3v) is 12.9. The first-order valence-electron chi connectivity index (χ1n) is 17.9. The van der Waals surface area contributed by atoms with Crippen LogP contribution in [0.5, 0.6) is 0 Å². The molecule has 0 aliphatic heterocycles. The molecule has 0 spiro atoms. The summed E-state index contributed by atoms with van der Waals surface area (Å²) in [6.07, 6.45) is 18.5. The number of allylic oxidation sites excluding steroid dienone is 10. The second-order valence-corrected chi connectivity index (χ2v) is 15.4. The summed E-state index contributed by atoms with van der Waals surface area (Å²) in [5, 5.41) is 0. The van der Waals surface area contributed by atoms with E-state index in [0.29, 0.717) is 5.92 Å². The third-order valence-electron chi connectivity index (χ3n) is 12.9. The summed E-state index contributed by atoms with van der Waals surface area (Å²) in [5.41, 5.74) is 11.6. The number of hydrogen-bond donors (Lipinski definition) is 0. The summed E-state index contributed by atoms with van der Waals surface area (Å²) in [6, 6.07) is 32.5. The first-order valence-corrected chi connectivity index (χ1v) is 19.6. The Morgan fingerprint density at radius 2 is 1.45 bits per heavy atom. The quantitative estimate of drug-likeness (QED) is 0.203. The van der Waals surface area contributed by atoms with E-state index in [2.05, 4.69) is 127 Å². The number of fused-ring (bicyclic) bond motifs is 6. The Kier molecular flexibility index (Phi) is 12.9. The summed E-state index contributed by atoms with van der Waals surface area (Å²) in [4.78, 5) is 0. The van der Waals surface area contributed by atoms with Crippen molar-refractivity contribution in [1.82, 2.24) is 0 Å². The minimum absolute atomic E-state index is 0.164. The standard InChI is InChI=1S/C29H37.C7H7.C6H5.C5H5.CH2.Zr/c1-18-25-22-17-19-13-9-10-14-20(19)24(22)21-15-11-12-16-23(21)29(25,8)28(6,7)27(4,5)26(18,2)3;1-7-5-3-2-4-6-7;1-2-4-6-5-3-1;1-2-4-5-3-1;;/h9-11,13-15,23H,12,16-17H2,1-8H3;3-6H,1H3;1-5H;1-3H,4H2;1H2;/q4*-1;;. The number of hydrogen-bond acceptors (Lipinski definition) is 0. The Labute approximate surface area is 314 Å². The fourth-order valence-electron chi connectivity index (χ4n) is 8.72. The van der Waals surface area contributed by atoms with Gasteiger partial charge in [0.05, 0.1) is 0 Å². The number of benzene rings is 3. The molecule has 8 rings (SSSR count). The van der Waals surface area contributed by atoms with Gasteiger partial charge in [-0.05, 0) is 40.6 Å². The van der Waals surface area contributed by atoms with E-state index in [1.165, 1.54) is 53.8 Å². The molecule has 5 aliphatic rings. The summed E-state index contributed by atoms with van der Waals surface area (Å²) in [7, 11) is 0. The van der Waals surface area contributed by atoms with E-state index in [1.807, 2.05) is 66.7 Å². The van der Waals surface area contributed by atoms with E-state index in [0.717, 1.165) is 12.8 Å². The molecule has 3 aromatic rings. The predicted molar refractivity (Wildman–Crippen MR) is 208 cm³/mol. The zero-order valence-corrected chi connectivity index (χ0v) is 34.0. The molecule has 5 aliphatic carbocycles. The van der Waals surface area contributed by atoms with Gasteiger partial charge in [-0.3, -0.25) is 6.08 Å². The van der Waals surface area contributed by atoms with Crippen LogP contribution in [0, 0.1) is 58.6 Å². The van der Waals surface area contributed by atoms with E-state index in [-0.39, 0.29) is 21.7 Å². The van der Waals surface area contributed by atoms with Crippen LogP contribution in [-0.4, -0.2) is 4.21 Å². The Morgan fingerprint density at radius 3 is 1.96 bits per heavy atom. The molecule has 1 heteroatoms. The molecule has 0 saturated heterocycles. The third kappa shape index (κ3) is 7.26.